The first-order valence-corrected chi connectivity index (χ1v) is 8.04. The zero-order chi connectivity index (χ0) is 16.9. The molecule has 2 aromatic heterocycles. The van der Waals surface area contributed by atoms with E-state index in [0.717, 1.165) is 25.9 Å². The number of pyridine rings is 2. The van der Waals surface area contributed by atoms with Gasteiger partial charge in [0.1, 0.15) is 11.5 Å². The van der Waals surface area contributed by atoms with Gasteiger partial charge in [-0.3, -0.25) is 14.6 Å². The van der Waals surface area contributed by atoms with Crippen molar-refractivity contribution in [3.8, 4) is 0 Å². The zero-order valence-electron chi connectivity index (χ0n) is 13.6. The number of Topliss-reactive ketones (excluding diaryl/α,β-unsaturated/α-hetero) is 1. The number of amides is 1. The molecule has 1 aliphatic heterocycles. The third kappa shape index (κ3) is 3.83. The van der Waals surface area contributed by atoms with E-state index < -0.39 is 0 Å². The van der Waals surface area contributed by atoms with Crippen molar-refractivity contribution in [1.29, 1.82) is 0 Å². The number of carbonyl (C=O) groups excluding carboxylic acids is 2. The fourth-order valence-corrected chi connectivity index (χ4v) is 2.81. The van der Waals surface area contributed by atoms with E-state index in [2.05, 4.69) is 27.2 Å². The minimum atomic E-state index is -0.270. The zero-order valence-corrected chi connectivity index (χ0v) is 13.6. The van der Waals surface area contributed by atoms with Gasteiger partial charge in [0.2, 0.25) is 0 Å². The summed E-state index contributed by atoms with van der Waals surface area (Å²) in [5.41, 5.74) is 0.913. The van der Waals surface area contributed by atoms with Gasteiger partial charge in [0.25, 0.3) is 5.91 Å². The summed E-state index contributed by atoms with van der Waals surface area (Å²) in [6.07, 6.45) is 4.82. The number of nitrogens with zero attached hydrogens (tertiary/aromatic N) is 3. The Kier molecular flexibility index (Phi) is 4.96. The molecule has 2 aromatic rings. The van der Waals surface area contributed by atoms with E-state index in [9.17, 15) is 9.59 Å². The summed E-state index contributed by atoms with van der Waals surface area (Å²) in [6.45, 7) is 1.85. The highest BCUT2D eigenvalue weighted by Crippen LogP contribution is 2.21. The van der Waals surface area contributed by atoms with Crippen LogP contribution in [0.2, 0.25) is 0 Å². The molecule has 0 aliphatic carbocycles. The molecule has 0 atom stereocenters. The van der Waals surface area contributed by atoms with Gasteiger partial charge in [-0.25, -0.2) is 4.98 Å². The van der Waals surface area contributed by atoms with E-state index in [-0.39, 0.29) is 17.6 Å². The number of rotatable bonds is 4. The molecule has 1 aliphatic rings. The molecule has 0 saturated carbocycles. The van der Waals surface area contributed by atoms with Gasteiger partial charge in [0.15, 0.2) is 5.78 Å². The van der Waals surface area contributed by atoms with Crippen LogP contribution in [0.1, 0.15) is 33.7 Å². The van der Waals surface area contributed by atoms with Crippen LogP contribution >= 0.6 is 0 Å². The Hall–Kier alpha value is -2.60. The van der Waals surface area contributed by atoms with Crippen molar-refractivity contribution >= 4 is 17.5 Å². The van der Waals surface area contributed by atoms with Crippen LogP contribution in [-0.4, -0.2) is 46.7 Å². The number of likely N-dealkylation sites (tertiary alicyclic amines) is 1. The predicted octanol–water partition coefficient (Wildman–Crippen LogP) is 2.25. The summed E-state index contributed by atoms with van der Waals surface area (Å²) < 4.78 is 0. The third-order valence-electron chi connectivity index (χ3n) is 4.28. The van der Waals surface area contributed by atoms with Crippen LogP contribution in [0.4, 0.5) is 5.82 Å². The van der Waals surface area contributed by atoms with E-state index in [1.165, 1.54) is 0 Å². The topological polar surface area (TPSA) is 75.2 Å². The second kappa shape index (κ2) is 7.31. The number of hydrogen-bond donors (Lipinski definition) is 1. The average Bonchev–Trinajstić information content (AvgIpc) is 2.63. The Balaban J connectivity index is 1.70. The molecule has 6 nitrogen and oxygen atoms in total. The molecule has 24 heavy (non-hydrogen) atoms. The van der Waals surface area contributed by atoms with Gasteiger partial charge < -0.3 is 10.2 Å². The molecule has 1 fully saturated rings. The summed E-state index contributed by atoms with van der Waals surface area (Å²) >= 11 is 0. The molecule has 1 N–H and O–H groups in total. The highest BCUT2D eigenvalue weighted by Gasteiger charge is 2.25. The van der Waals surface area contributed by atoms with Crippen LogP contribution in [0.15, 0.2) is 42.7 Å². The summed E-state index contributed by atoms with van der Waals surface area (Å²) in [4.78, 5) is 35.2. The normalized spacial score (nSPS) is 15.9. The third-order valence-corrected chi connectivity index (χ3v) is 4.28. The molecule has 3 rings (SSSR count). The first-order chi connectivity index (χ1) is 11.6. The Morgan fingerprint density at radius 3 is 2.54 bits per heavy atom. The SMILES string of the molecule is CN1CCC(C(=O)c2cccc(NC(=O)c3ccncc3)n2)CC1. The number of nitrogens with one attached hydrogen (secondary N) is 1. The summed E-state index contributed by atoms with van der Waals surface area (Å²) in [6, 6.07) is 8.40. The second-order valence-electron chi connectivity index (χ2n) is 6.04. The Bertz CT molecular complexity index is 725. The lowest BCUT2D eigenvalue weighted by Crippen LogP contribution is -2.33. The molecule has 0 aromatic carbocycles. The predicted molar refractivity (Wildman–Crippen MR) is 91.0 cm³/mol. The van der Waals surface area contributed by atoms with Gasteiger partial charge in [-0.2, -0.15) is 0 Å². The van der Waals surface area contributed by atoms with E-state index in [4.69, 9.17) is 0 Å². The van der Waals surface area contributed by atoms with Gasteiger partial charge in [-0.05, 0) is 57.2 Å². The highest BCUT2D eigenvalue weighted by atomic mass is 16.1. The van der Waals surface area contributed by atoms with Gasteiger partial charge in [-0.1, -0.05) is 6.07 Å². The Morgan fingerprint density at radius 2 is 1.83 bits per heavy atom. The van der Waals surface area contributed by atoms with Crippen molar-refractivity contribution in [1.82, 2.24) is 14.9 Å². The lowest BCUT2D eigenvalue weighted by molar-refractivity contribution is 0.0851. The van der Waals surface area contributed by atoms with Crippen LogP contribution in [0.25, 0.3) is 0 Å². The molecule has 1 amide bonds. The molecule has 3 heterocycles. The molecule has 0 spiro atoms. The first-order valence-electron chi connectivity index (χ1n) is 8.04. The van der Waals surface area contributed by atoms with Gasteiger partial charge in [-0.15, -0.1) is 0 Å². The standard InChI is InChI=1S/C18H20N4O2/c1-22-11-7-13(8-12-22)17(23)15-3-2-4-16(20-15)21-18(24)14-5-9-19-10-6-14/h2-6,9-10,13H,7-8,11-12H2,1H3,(H,20,21,24). The Labute approximate surface area is 140 Å². The summed E-state index contributed by atoms with van der Waals surface area (Å²) in [7, 11) is 2.06. The van der Waals surface area contributed by atoms with Crippen LogP contribution < -0.4 is 5.32 Å². The van der Waals surface area contributed by atoms with Crippen molar-refractivity contribution < 1.29 is 9.59 Å². The van der Waals surface area contributed by atoms with Gasteiger partial charge in [0, 0.05) is 23.9 Å². The maximum Gasteiger partial charge on any atom is 0.256 e. The summed E-state index contributed by atoms with van der Waals surface area (Å²) in [5, 5.41) is 2.73. The average molecular weight is 324 g/mol. The van der Waals surface area contributed by atoms with E-state index >= 15 is 0 Å². The number of anilines is 1. The van der Waals surface area contributed by atoms with Gasteiger partial charge in [0.05, 0.1) is 0 Å². The maximum absolute atomic E-state index is 12.6. The number of piperidine rings is 1. The van der Waals surface area contributed by atoms with Crippen molar-refractivity contribution in [2.75, 3.05) is 25.5 Å². The quantitative estimate of drug-likeness (QED) is 0.873. The summed E-state index contributed by atoms with van der Waals surface area (Å²) in [5.74, 6) is 0.187. The van der Waals surface area contributed by atoms with Crippen LogP contribution in [-0.2, 0) is 0 Å². The molecule has 0 radical (unpaired) electrons. The van der Waals surface area contributed by atoms with Crippen molar-refractivity contribution in [3.05, 3.63) is 54.0 Å². The highest BCUT2D eigenvalue weighted by molar-refractivity contribution is 6.04. The minimum absolute atomic E-state index is 0.0137. The minimum Gasteiger partial charge on any atom is -0.307 e. The second-order valence-corrected chi connectivity index (χ2v) is 6.04. The lowest BCUT2D eigenvalue weighted by atomic mass is 9.91. The maximum atomic E-state index is 12.6. The number of aromatic nitrogens is 2. The van der Waals surface area contributed by atoms with Crippen molar-refractivity contribution in [2.24, 2.45) is 5.92 Å². The molecular formula is C18H20N4O2. The van der Waals surface area contributed by atoms with Crippen molar-refractivity contribution in [2.45, 2.75) is 12.8 Å². The van der Waals surface area contributed by atoms with E-state index in [0.29, 0.717) is 17.1 Å². The van der Waals surface area contributed by atoms with E-state index in [1.807, 2.05) is 0 Å². The number of ketones is 1. The smallest absolute Gasteiger partial charge is 0.256 e. The Morgan fingerprint density at radius 1 is 1.12 bits per heavy atom. The fraction of sp³-hybridized carbons (Fsp3) is 0.333. The first kappa shape index (κ1) is 16.3. The molecule has 0 unspecified atom stereocenters. The number of hydrogen-bond acceptors (Lipinski definition) is 5. The van der Waals surface area contributed by atoms with Crippen molar-refractivity contribution in [3.63, 3.8) is 0 Å². The fourth-order valence-electron chi connectivity index (χ4n) is 2.81. The molecule has 0 bridgehead atoms. The number of carbonyl (C=O) groups is 2. The lowest BCUT2D eigenvalue weighted by Gasteiger charge is -2.27. The van der Waals surface area contributed by atoms with Crippen LogP contribution in [0.3, 0.4) is 0 Å². The molecule has 6 heteroatoms. The molecule has 124 valence electrons. The van der Waals surface area contributed by atoms with Crippen LogP contribution in [0, 0.1) is 5.92 Å². The van der Waals surface area contributed by atoms with Gasteiger partial charge >= 0.3 is 0 Å². The van der Waals surface area contributed by atoms with Crippen LogP contribution in [0.5, 0.6) is 0 Å². The molecule has 1 saturated heterocycles. The largest absolute Gasteiger partial charge is 0.307 e. The van der Waals surface area contributed by atoms with E-state index in [1.54, 1.807) is 42.7 Å². The monoisotopic (exact) mass is 324 g/mol. The molecular weight excluding hydrogens is 304 g/mol.